The Morgan fingerprint density at radius 2 is 1.69 bits per heavy atom. The molecule has 0 radical (unpaired) electrons. The van der Waals surface area contributed by atoms with Gasteiger partial charge in [0.05, 0.1) is 11.0 Å². The van der Waals surface area contributed by atoms with E-state index in [0.29, 0.717) is 36.2 Å². The summed E-state index contributed by atoms with van der Waals surface area (Å²) in [6.07, 6.45) is 0.984. The maximum atomic E-state index is 13.3. The van der Waals surface area contributed by atoms with E-state index in [0.717, 1.165) is 23.0 Å². The van der Waals surface area contributed by atoms with Crippen LogP contribution in [0.3, 0.4) is 0 Å². The average molecular weight is 492 g/mol. The summed E-state index contributed by atoms with van der Waals surface area (Å²) in [4.78, 5) is 27.9. The lowest BCUT2D eigenvalue weighted by Gasteiger charge is -2.42. The van der Waals surface area contributed by atoms with Gasteiger partial charge in [0, 0.05) is 36.0 Å². The van der Waals surface area contributed by atoms with E-state index in [4.69, 9.17) is 11.6 Å². The summed E-state index contributed by atoms with van der Waals surface area (Å²) in [7, 11) is 0. The van der Waals surface area contributed by atoms with Crippen LogP contribution in [-0.4, -0.2) is 40.4 Å². The molecule has 3 aromatic rings. The van der Waals surface area contributed by atoms with E-state index < -0.39 is 4.92 Å². The summed E-state index contributed by atoms with van der Waals surface area (Å²) >= 11 is 5.96. The summed E-state index contributed by atoms with van der Waals surface area (Å²) in [6.45, 7) is 3.13. The Morgan fingerprint density at radius 3 is 2.37 bits per heavy atom. The van der Waals surface area contributed by atoms with Crippen molar-refractivity contribution in [3.05, 3.63) is 117 Å². The molecule has 0 saturated carbocycles. The molecule has 0 spiro atoms. The monoisotopic (exact) mass is 491 g/mol. The van der Waals surface area contributed by atoms with Gasteiger partial charge < -0.3 is 20.4 Å². The van der Waals surface area contributed by atoms with Crippen LogP contribution in [0.1, 0.15) is 17.2 Å². The van der Waals surface area contributed by atoms with E-state index in [2.05, 4.69) is 10.6 Å². The average Bonchev–Trinajstić information content (AvgIpc) is 2.86. The zero-order chi connectivity index (χ0) is 24.8. The number of nitro groups is 1. The van der Waals surface area contributed by atoms with Gasteiger partial charge in [-0.3, -0.25) is 10.1 Å². The number of benzene rings is 3. The highest BCUT2D eigenvalue weighted by Crippen LogP contribution is 2.29. The van der Waals surface area contributed by atoms with Gasteiger partial charge in [0.2, 0.25) is 0 Å². The second-order valence-electron chi connectivity index (χ2n) is 8.24. The van der Waals surface area contributed by atoms with Crippen LogP contribution in [0.4, 0.5) is 16.2 Å². The Balaban J connectivity index is 1.59. The number of hydrogen-bond acceptors (Lipinski definition) is 5. The molecule has 4 rings (SSSR count). The molecule has 35 heavy (non-hydrogen) atoms. The predicted octanol–water partition coefficient (Wildman–Crippen LogP) is 5.73. The highest BCUT2D eigenvalue weighted by Gasteiger charge is 2.33. The molecule has 0 aromatic heterocycles. The van der Waals surface area contributed by atoms with Crippen molar-refractivity contribution in [3.8, 4) is 0 Å². The third-order valence-corrected chi connectivity index (χ3v) is 6.15. The van der Waals surface area contributed by atoms with Gasteiger partial charge in [0.1, 0.15) is 0 Å². The first-order valence-electron chi connectivity index (χ1n) is 11.2. The molecule has 3 aromatic carbocycles. The normalized spacial score (nSPS) is 16.1. The highest BCUT2D eigenvalue weighted by atomic mass is 35.5. The van der Waals surface area contributed by atoms with Crippen LogP contribution < -0.4 is 10.6 Å². The molecule has 1 aliphatic heterocycles. The van der Waals surface area contributed by atoms with Crippen molar-refractivity contribution in [1.82, 2.24) is 9.80 Å². The van der Waals surface area contributed by atoms with Gasteiger partial charge >= 0.3 is 6.03 Å². The SMILES string of the molecule is Cc1ccccc1N/C(=C/[N+](=O)[O-])N1CCN(C(=O)Nc2ccc(Cl)cc2)C(c2ccccc2)C1. The summed E-state index contributed by atoms with van der Waals surface area (Å²) in [5, 5.41) is 18.2. The lowest BCUT2D eigenvalue weighted by molar-refractivity contribution is -0.404. The first-order chi connectivity index (χ1) is 16.9. The Morgan fingerprint density at radius 1 is 1.00 bits per heavy atom. The summed E-state index contributed by atoms with van der Waals surface area (Å²) in [5.74, 6) is 0.378. The number of halogens is 1. The van der Waals surface area contributed by atoms with Crippen molar-refractivity contribution in [2.75, 3.05) is 30.3 Å². The molecule has 0 aliphatic carbocycles. The molecular weight excluding hydrogens is 466 g/mol. The maximum Gasteiger partial charge on any atom is 0.322 e. The van der Waals surface area contributed by atoms with Crippen LogP contribution in [0.2, 0.25) is 5.02 Å². The Bertz CT molecular complexity index is 1220. The van der Waals surface area contributed by atoms with Crippen molar-refractivity contribution in [2.45, 2.75) is 13.0 Å². The van der Waals surface area contributed by atoms with Crippen molar-refractivity contribution in [3.63, 3.8) is 0 Å². The van der Waals surface area contributed by atoms with Crippen molar-refractivity contribution >= 4 is 29.0 Å². The molecule has 1 heterocycles. The molecule has 1 atom stereocenters. The number of carbonyl (C=O) groups is 1. The summed E-state index contributed by atoms with van der Waals surface area (Å²) in [6, 6.07) is 23.7. The third-order valence-electron chi connectivity index (χ3n) is 5.90. The predicted molar refractivity (Wildman–Crippen MR) is 138 cm³/mol. The number of rotatable bonds is 6. The Labute approximate surface area is 209 Å². The molecule has 180 valence electrons. The number of para-hydroxylation sites is 1. The maximum absolute atomic E-state index is 13.3. The van der Waals surface area contributed by atoms with Gasteiger partial charge in [-0.15, -0.1) is 0 Å². The number of hydrogen-bond donors (Lipinski definition) is 2. The number of piperazine rings is 1. The Hall–Kier alpha value is -4.04. The van der Waals surface area contributed by atoms with Gasteiger partial charge in [-0.05, 0) is 48.4 Å². The molecule has 1 fully saturated rings. The number of nitrogens with one attached hydrogen (secondary N) is 2. The van der Waals surface area contributed by atoms with Crippen LogP contribution in [-0.2, 0) is 0 Å². The lowest BCUT2D eigenvalue weighted by atomic mass is 10.0. The topological polar surface area (TPSA) is 90.8 Å². The molecule has 0 bridgehead atoms. The van der Waals surface area contributed by atoms with Gasteiger partial charge in [0.25, 0.3) is 6.20 Å². The summed E-state index contributed by atoms with van der Waals surface area (Å²) < 4.78 is 0. The smallest absolute Gasteiger partial charge is 0.322 e. The minimum atomic E-state index is -0.461. The zero-order valence-electron chi connectivity index (χ0n) is 19.2. The van der Waals surface area contributed by atoms with E-state index in [9.17, 15) is 14.9 Å². The quantitative estimate of drug-likeness (QED) is 0.339. The van der Waals surface area contributed by atoms with E-state index >= 15 is 0 Å². The van der Waals surface area contributed by atoms with E-state index in [1.807, 2.05) is 66.4 Å². The first kappa shape index (κ1) is 24.1. The van der Waals surface area contributed by atoms with Gasteiger partial charge in [-0.2, -0.15) is 0 Å². The lowest BCUT2D eigenvalue weighted by Crippen LogP contribution is -2.52. The van der Waals surface area contributed by atoms with E-state index in [1.165, 1.54) is 0 Å². The number of urea groups is 1. The number of aryl methyl sites for hydroxylation is 1. The third kappa shape index (κ3) is 6.10. The fourth-order valence-corrected chi connectivity index (χ4v) is 4.20. The summed E-state index contributed by atoms with van der Waals surface area (Å²) in [5.41, 5.74) is 3.35. The van der Waals surface area contributed by atoms with Crippen LogP contribution in [0.5, 0.6) is 0 Å². The van der Waals surface area contributed by atoms with Gasteiger partial charge in [-0.1, -0.05) is 60.1 Å². The molecule has 9 heteroatoms. The number of amides is 2. The molecule has 1 aliphatic rings. The van der Waals surface area contributed by atoms with Crippen molar-refractivity contribution in [1.29, 1.82) is 0 Å². The molecule has 2 amide bonds. The standard InChI is InChI=1S/C26H26ClN5O3/c1-19-7-5-6-10-23(19)29-25(18-32(34)35)30-15-16-31(24(17-30)20-8-3-2-4-9-20)26(33)28-22-13-11-21(27)12-14-22/h2-14,18,24,29H,15-17H2,1H3,(H,28,33)/b25-18-. The van der Waals surface area contributed by atoms with E-state index in [-0.39, 0.29) is 12.1 Å². The Kier molecular flexibility index (Phi) is 7.52. The van der Waals surface area contributed by atoms with Crippen LogP contribution in [0, 0.1) is 17.0 Å². The molecule has 1 saturated heterocycles. The first-order valence-corrected chi connectivity index (χ1v) is 11.6. The fraction of sp³-hybridized carbons (Fsp3) is 0.192. The van der Waals surface area contributed by atoms with Crippen LogP contribution in [0.25, 0.3) is 0 Å². The van der Waals surface area contributed by atoms with Crippen molar-refractivity contribution < 1.29 is 9.72 Å². The second kappa shape index (κ2) is 10.9. The van der Waals surface area contributed by atoms with Crippen LogP contribution in [0.15, 0.2) is 90.9 Å². The van der Waals surface area contributed by atoms with Gasteiger partial charge in [-0.25, -0.2) is 4.79 Å². The van der Waals surface area contributed by atoms with Crippen molar-refractivity contribution in [2.24, 2.45) is 0 Å². The highest BCUT2D eigenvalue weighted by molar-refractivity contribution is 6.30. The molecule has 8 nitrogen and oxygen atoms in total. The second-order valence-corrected chi connectivity index (χ2v) is 8.68. The van der Waals surface area contributed by atoms with Gasteiger partial charge in [0.15, 0.2) is 5.82 Å². The minimum absolute atomic E-state index is 0.243. The largest absolute Gasteiger partial charge is 0.349 e. The number of carbonyl (C=O) groups excluding carboxylic acids is 1. The van der Waals surface area contributed by atoms with E-state index in [1.54, 1.807) is 29.2 Å². The number of nitrogens with zero attached hydrogens (tertiary/aromatic N) is 3. The number of anilines is 2. The zero-order valence-corrected chi connectivity index (χ0v) is 20.0. The molecule has 1 unspecified atom stereocenters. The molecular formula is C26H26ClN5O3. The molecule has 2 N–H and O–H groups in total. The fourth-order valence-electron chi connectivity index (χ4n) is 4.08. The minimum Gasteiger partial charge on any atom is -0.349 e. The van der Waals surface area contributed by atoms with Crippen LogP contribution >= 0.6 is 11.6 Å².